The lowest BCUT2D eigenvalue weighted by molar-refractivity contribution is -0.0796. The molecule has 0 aromatic carbocycles. The average molecular weight is 262 g/mol. The van der Waals surface area contributed by atoms with Gasteiger partial charge in [-0.2, -0.15) is 0 Å². The van der Waals surface area contributed by atoms with Crippen molar-refractivity contribution in [2.45, 2.75) is 71.8 Å². The molecule has 0 saturated heterocycles. The number of hydrogen-bond donors (Lipinski definition) is 0. The Labute approximate surface area is 110 Å². The minimum absolute atomic E-state index is 0.168. The molecule has 0 aromatic heterocycles. The Morgan fingerprint density at radius 1 is 1.06 bits per heavy atom. The maximum absolute atomic E-state index is 13.8. The molecule has 1 aliphatic rings. The third-order valence-electron chi connectivity index (χ3n) is 3.94. The largest absolute Gasteiger partial charge is 0.375 e. The topological polar surface area (TPSA) is 9.23 Å². The Hall–Kier alpha value is -0.180. The van der Waals surface area contributed by atoms with E-state index >= 15 is 0 Å². The predicted octanol–water partition coefficient (Wildman–Crippen LogP) is 4.55. The zero-order valence-electron chi connectivity index (χ0n) is 12.2. The van der Waals surface area contributed by atoms with E-state index in [1.165, 1.54) is 0 Å². The molecule has 108 valence electrons. The van der Waals surface area contributed by atoms with E-state index in [-0.39, 0.29) is 5.92 Å². The lowest BCUT2D eigenvalue weighted by Gasteiger charge is -2.33. The van der Waals surface area contributed by atoms with E-state index in [4.69, 9.17) is 4.74 Å². The van der Waals surface area contributed by atoms with Crippen molar-refractivity contribution < 1.29 is 13.5 Å². The van der Waals surface area contributed by atoms with Gasteiger partial charge in [0.1, 0.15) is 6.17 Å². The van der Waals surface area contributed by atoms with Gasteiger partial charge in [-0.25, -0.2) is 8.78 Å². The normalized spacial score (nSPS) is 34.8. The predicted molar refractivity (Wildman–Crippen MR) is 71.2 cm³/mol. The first-order valence-electron chi connectivity index (χ1n) is 7.31. The van der Waals surface area contributed by atoms with E-state index in [0.717, 1.165) is 19.3 Å². The summed E-state index contributed by atoms with van der Waals surface area (Å²) in [6, 6.07) is 0. The zero-order valence-corrected chi connectivity index (χ0v) is 12.2. The molecule has 3 heteroatoms. The fourth-order valence-electron chi connectivity index (χ4n) is 2.43. The Morgan fingerprint density at radius 2 is 1.72 bits per heavy atom. The molecule has 0 spiro atoms. The molecule has 1 rings (SSSR count). The van der Waals surface area contributed by atoms with Crippen molar-refractivity contribution >= 4 is 0 Å². The average Bonchev–Trinajstić information content (AvgIpc) is 2.32. The van der Waals surface area contributed by atoms with Gasteiger partial charge in [-0.15, -0.1) is 0 Å². The molecular formula is C15H28F2O. The van der Waals surface area contributed by atoms with Crippen LogP contribution in [0.25, 0.3) is 0 Å². The monoisotopic (exact) mass is 262 g/mol. The van der Waals surface area contributed by atoms with Crippen LogP contribution in [0, 0.1) is 17.8 Å². The number of rotatable bonds is 6. The second-order valence-electron chi connectivity index (χ2n) is 6.39. The molecule has 1 fully saturated rings. The molecular weight excluding hydrogens is 234 g/mol. The summed E-state index contributed by atoms with van der Waals surface area (Å²) in [5.41, 5.74) is 0. The Bertz CT molecular complexity index is 233. The van der Waals surface area contributed by atoms with Crippen LogP contribution in [0.4, 0.5) is 8.78 Å². The summed E-state index contributed by atoms with van der Waals surface area (Å²) in [5, 5.41) is 0. The first-order chi connectivity index (χ1) is 8.41. The van der Waals surface area contributed by atoms with E-state index in [1.807, 2.05) is 0 Å². The number of ether oxygens (including phenoxy) is 1. The number of halogens is 2. The van der Waals surface area contributed by atoms with Crippen molar-refractivity contribution in [3.8, 4) is 0 Å². The van der Waals surface area contributed by atoms with Gasteiger partial charge in [0.05, 0.1) is 6.10 Å². The summed E-state index contributed by atoms with van der Waals surface area (Å²) in [7, 11) is 0. The quantitative estimate of drug-likeness (QED) is 0.682. The Morgan fingerprint density at radius 3 is 2.33 bits per heavy atom. The zero-order chi connectivity index (χ0) is 13.7. The summed E-state index contributed by atoms with van der Waals surface area (Å²) in [4.78, 5) is 0. The van der Waals surface area contributed by atoms with Gasteiger partial charge in [-0.3, -0.25) is 0 Å². The smallest absolute Gasteiger partial charge is 0.157 e. The van der Waals surface area contributed by atoms with Crippen LogP contribution in [0.15, 0.2) is 0 Å². The van der Waals surface area contributed by atoms with Crippen molar-refractivity contribution in [3.05, 3.63) is 0 Å². The van der Waals surface area contributed by atoms with E-state index in [1.54, 1.807) is 6.92 Å². The van der Waals surface area contributed by atoms with E-state index in [9.17, 15) is 8.78 Å². The summed E-state index contributed by atoms with van der Waals surface area (Å²) in [5.74, 6) is 0.947. The molecule has 1 saturated carbocycles. The first-order valence-corrected chi connectivity index (χ1v) is 7.31. The Balaban J connectivity index is 2.26. The highest BCUT2D eigenvalue weighted by atomic mass is 19.2. The molecule has 0 radical (unpaired) electrons. The van der Waals surface area contributed by atoms with E-state index < -0.39 is 18.4 Å². The molecule has 0 N–H and O–H groups in total. The van der Waals surface area contributed by atoms with Crippen LogP contribution in [0.1, 0.15) is 53.4 Å². The van der Waals surface area contributed by atoms with Crippen molar-refractivity contribution in [1.29, 1.82) is 0 Å². The summed E-state index contributed by atoms with van der Waals surface area (Å²) < 4.78 is 32.9. The lowest BCUT2D eigenvalue weighted by Crippen LogP contribution is -2.42. The van der Waals surface area contributed by atoms with Crippen LogP contribution in [-0.4, -0.2) is 25.1 Å². The van der Waals surface area contributed by atoms with E-state index in [0.29, 0.717) is 24.9 Å². The molecule has 0 aromatic rings. The maximum atomic E-state index is 13.8. The van der Waals surface area contributed by atoms with Crippen LogP contribution in [0.3, 0.4) is 0 Å². The van der Waals surface area contributed by atoms with Crippen LogP contribution in [0.5, 0.6) is 0 Å². The van der Waals surface area contributed by atoms with Crippen LogP contribution in [0.2, 0.25) is 0 Å². The fraction of sp³-hybridized carbons (Fsp3) is 1.00. The van der Waals surface area contributed by atoms with Crippen LogP contribution in [-0.2, 0) is 4.74 Å². The fourth-order valence-corrected chi connectivity index (χ4v) is 2.43. The third kappa shape index (κ3) is 4.83. The summed E-state index contributed by atoms with van der Waals surface area (Å²) in [6.07, 6.45) is 0.318. The van der Waals surface area contributed by atoms with Gasteiger partial charge in [-0.05, 0) is 37.0 Å². The third-order valence-corrected chi connectivity index (χ3v) is 3.94. The molecule has 1 aliphatic carbocycles. The van der Waals surface area contributed by atoms with Gasteiger partial charge in [0.2, 0.25) is 0 Å². The highest BCUT2D eigenvalue weighted by molar-refractivity contribution is 4.87. The van der Waals surface area contributed by atoms with Gasteiger partial charge in [-0.1, -0.05) is 34.1 Å². The standard InChI is InChI=1S/C15H28F2O/c1-10(2)5-6-11(3)9-18-13-8-7-12(4)14(16)15(13)17/h10-15H,5-9H2,1-4H3. The highest BCUT2D eigenvalue weighted by Gasteiger charge is 2.38. The van der Waals surface area contributed by atoms with Crippen molar-refractivity contribution in [2.24, 2.45) is 17.8 Å². The lowest BCUT2D eigenvalue weighted by atomic mass is 9.85. The molecule has 5 unspecified atom stereocenters. The number of hydrogen-bond acceptors (Lipinski definition) is 1. The van der Waals surface area contributed by atoms with Gasteiger partial charge in [0, 0.05) is 6.61 Å². The second-order valence-corrected chi connectivity index (χ2v) is 6.39. The summed E-state index contributed by atoms with van der Waals surface area (Å²) in [6.45, 7) is 8.84. The van der Waals surface area contributed by atoms with Gasteiger partial charge in [0.25, 0.3) is 0 Å². The van der Waals surface area contributed by atoms with Gasteiger partial charge < -0.3 is 4.74 Å². The minimum atomic E-state index is -1.44. The highest BCUT2D eigenvalue weighted by Crippen LogP contribution is 2.31. The maximum Gasteiger partial charge on any atom is 0.157 e. The molecule has 0 bridgehead atoms. The SMILES string of the molecule is CC(C)CCC(C)COC1CCC(C)C(F)C1F. The van der Waals surface area contributed by atoms with E-state index in [2.05, 4.69) is 20.8 Å². The van der Waals surface area contributed by atoms with Crippen molar-refractivity contribution in [1.82, 2.24) is 0 Å². The van der Waals surface area contributed by atoms with Crippen LogP contribution < -0.4 is 0 Å². The second kappa shape index (κ2) is 7.42. The molecule has 0 heterocycles. The van der Waals surface area contributed by atoms with Gasteiger partial charge in [0.15, 0.2) is 6.17 Å². The van der Waals surface area contributed by atoms with Crippen molar-refractivity contribution in [3.63, 3.8) is 0 Å². The summed E-state index contributed by atoms with van der Waals surface area (Å²) >= 11 is 0. The van der Waals surface area contributed by atoms with Gasteiger partial charge >= 0.3 is 0 Å². The Kier molecular flexibility index (Phi) is 6.54. The number of alkyl halides is 2. The molecule has 0 amide bonds. The molecule has 18 heavy (non-hydrogen) atoms. The van der Waals surface area contributed by atoms with Crippen molar-refractivity contribution in [2.75, 3.05) is 6.61 Å². The molecule has 0 aliphatic heterocycles. The minimum Gasteiger partial charge on any atom is -0.375 e. The first kappa shape index (κ1) is 15.9. The molecule has 1 nitrogen and oxygen atoms in total. The van der Waals surface area contributed by atoms with Crippen LogP contribution >= 0.6 is 0 Å². The molecule has 5 atom stereocenters.